The van der Waals surface area contributed by atoms with Crippen LogP contribution in [0.5, 0.6) is 0 Å². The number of carbonyl (C=O) groups excluding carboxylic acids is 3. The summed E-state index contributed by atoms with van der Waals surface area (Å²) in [5.41, 5.74) is -1.81. The number of imidazole rings is 1. The van der Waals surface area contributed by atoms with Crippen LogP contribution < -0.4 is 15.5 Å². The lowest BCUT2D eigenvalue weighted by Crippen LogP contribution is -2.75. The number of anilines is 1. The van der Waals surface area contributed by atoms with Crippen LogP contribution >= 0.6 is 0 Å². The number of nitrogens with one attached hydrogen (secondary N) is 2. The summed E-state index contributed by atoms with van der Waals surface area (Å²) in [4.78, 5) is 43.7. The van der Waals surface area contributed by atoms with Gasteiger partial charge in [0.05, 0.1) is 29.5 Å². The fraction of sp³-hybridized carbons (Fsp3) is 0.391. The number of hydrogen-bond donors (Lipinski definition) is 2. The van der Waals surface area contributed by atoms with Gasteiger partial charge in [0, 0.05) is 32.4 Å². The van der Waals surface area contributed by atoms with Crippen LogP contribution in [0.3, 0.4) is 0 Å². The number of halogens is 2. The largest absolute Gasteiger partial charge is 0.372 e. The van der Waals surface area contributed by atoms with Gasteiger partial charge in [-0.15, -0.1) is 0 Å². The summed E-state index contributed by atoms with van der Waals surface area (Å²) >= 11 is 0. The number of barbiturate groups is 1. The third-order valence-electron chi connectivity index (χ3n) is 6.60. The lowest BCUT2D eigenvalue weighted by atomic mass is 9.66. The zero-order valence-corrected chi connectivity index (χ0v) is 18.6. The molecule has 3 atom stereocenters. The number of imide groups is 2. The van der Waals surface area contributed by atoms with Gasteiger partial charge in [0.15, 0.2) is 22.9 Å². The Hall–Kier alpha value is -3.78. The number of benzene rings is 1. The van der Waals surface area contributed by atoms with Gasteiger partial charge in [-0.2, -0.15) is 0 Å². The maximum Gasteiger partial charge on any atom is 0.328 e. The van der Waals surface area contributed by atoms with Gasteiger partial charge in [-0.1, -0.05) is 5.92 Å². The number of urea groups is 1. The highest BCUT2D eigenvalue weighted by Crippen LogP contribution is 2.48. The molecule has 2 saturated heterocycles. The standard InChI is InChI=1S/C23H21F2N5O4/c1-11-10-30-18-14(8-13(16(24)17(18)25)4-5-15-26-6-7-29(15)3)9-23(19(30)12(2)34-11)20(31)27-22(33)28-21(23)32/h6-8,11-12,19H,9-10H2,1-3H3,(H2,27,28,31,32,33)/t11-,12+,19-/m1/s1. The van der Waals surface area contributed by atoms with Gasteiger partial charge in [-0.05, 0) is 31.4 Å². The molecule has 3 aliphatic heterocycles. The zero-order valence-electron chi connectivity index (χ0n) is 18.6. The molecular weight excluding hydrogens is 448 g/mol. The summed E-state index contributed by atoms with van der Waals surface area (Å²) in [6.45, 7) is 3.55. The molecule has 9 nitrogen and oxygen atoms in total. The molecule has 0 saturated carbocycles. The number of nitrogens with zero attached hydrogens (tertiary/aromatic N) is 3. The molecule has 3 aliphatic rings. The summed E-state index contributed by atoms with van der Waals surface area (Å²) in [6.07, 6.45) is 1.87. The predicted molar refractivity (Wildman–Crippen MR) is 115 cm³/mol. The van der Waals surface area contributed by atoms with Crippen LogP contribution in [0.2, 0.25) is 0 Å². The molecule has 4 heterocycles. The van der Waals surface area contributed by atoms with E-state index >= 15 is 8.78 Å². The molecule has 0 aliphatic carbocycles. The monoisotopic (exact) mass is 469 g/mol. The molecule has 34 heavy (non-hydrogen) atoms. The summed E-state index contributed by atoms with van der Waals surface area (Å²) in [6, 6.07) is -0.533. The maximum absolute atomic E-state index is 15.5. The van der Waals surface area contributed by atoms with Crippen molar-refractivity contribution in [3.63, 3.8) is 0 Å². The number of amides is 4. The first-order valence-corrected chi connectivity index (χ1v) is 10.7. The highest BCUT2D eigenvalue weighted by Gasteiger charge is 2.63. The molecule has 1 aromatic carbocycles. The second-order valence-corrected chi connectivity index (χ2v) is 8.81. The van der Waals surface area contributed by atoms with Crippen LogP contribution in [-0.2, 0) is 27.8 Å². The fourth-order valence-corrected chi connectivity index (χ4v) is 5.24. The lowest BCUT2D eigenvalue weighted by Gasteiger charge is -2.55. The van der Waals surface area contributed by atoms with E-state index in [2.05, 4.69) is 27.5 Å². The quantitative estimate of drug-likeness (QED) is 0.441. The summed E-state index contributed by atoms with van der Waals surface area (Å²) < 4.78 is 38.2. The third kappa shape index (κ3) is 3.09. The van der Waals surface area contributed by atoms with Crippen molar-refractivity contribution in [1.29, 1.82) is 0 Å². The summed E-state index contributed by atoms with van der Waals surface area (Å²) in [5.74, 6) is 1.81. The number of carbonyl (C=O) groups is 3. The molecule has 11 heteroatoms. The van der Waals surface area contributed by atoms with Crippen molar-refractivity contribution in [2.24, 2.45) is 12.5 Å². The second-order valence-electron chi connectivity index (χ2n) is 8.81. The number of aromatic nitrogens is 2. The predicted octanol–water partition coefficient (Wildman–Crippen LogP) is 0.989. The number of rotatable bonds is 0. The van der Waals surface area contributed by atoms with Crippen LogP contribution in [0.15, 0.2) is 18.5 Å². The summed E-state index contributed by atoms with van der Waals surface area (Å²) in [7, 11) is 1.72. The molecule has 5 rings (SSSR count). The Morgan fingerprint density at radius 1 is 1.15 bits per heavy atom. The number of hydrogen-bond acceptors (Lipinski definition) is 6. The minimum Gasteiger partial charge on any atom is -0.372 e. The first-order valence-electron chi connectivity index (χ1n) is 10.7. The molecule has 0 bridgehead atoms. The van der Waals surface area contributed by atoms with E-state index in [0.717, 1.165) is 0 Å². The Balaban J connectivity index is 1.70. The number of morpholine rings is 1. The average Bonchev–Trinajstić information content (AvgIpc) is 3.17. The van der Waals surface area contributed by atoms with Crippen molar-refractivity contribution in [2.75, 3.05) is 11.4 Å². The minimum atomic E-state index is -1.78. The van der Waals surface area contributed by atoms with E-state index in [-0.39, 0.29) is 35.9 Å². The van der Waals surface area contributed by atoms with Gasteiger partial charge in [0.1, 0.15) is 0 Å². The molecule has 1 aromatic heterocycles. The van der Waals surface area contributed by atoms with Crippen LogP contribution in [0.4, 0.5) is 19.3 Å². The van der Waals surface area contributed by atoms with Gasteiger partial charge < -0.3 is 14.2 Å². The van der Waals surface area contributed by atoms with Gasteiger partial charge >= 0.3 is 6.03 Å². The topological polar surface area (TPSA) is 106 Å². The van der Waals surface area contributed by atoms with Crippen molar-refractivity contribution >= 4 is 23.5 Å². The molecule has 1 spiro atoms. The van der Waals surface area contributed by atoms with Crippen molar-refractivity contribution in [3.05, 3.63) is 47.0 Å². The molecule has 2 aromatic rings. The second kappa shape index (κ2) is 7.63. The molecule has 2 N–H and O–H groups in total. The van der Waals surface area contributed by atoms with E-state index in [9.17, 15) is 14.4 Å². The smallest absolute Gasteiger partial charge is 0.328 e. The van der Waals surface area contributed by atoms with Crippen LogP contribution in [0.25, 0.3) is 0 Å². The Morgan fingerprint density at radius 3 is 2.50 bits per heavy atom. The SMILES string of the molecule is C[C@@H]1CN2c3c(cc(C#Cc4nccn4C)c(F)c3F)CC3(C(=O)NC(=O)NC3=O)[C@H]2[C@H](C)O1. The van der Waals surface area contributed by atoms with Gasteiger partial charge in [-0.25, -0.2) is 18.6 Å². The highest BCUT2D eigenvalue weighted by molar-refractivity contribution is 6.20. The Labute approximate surface area is 193 Å². The maximum atomic E-state index is 15.5. The van der Waals surface area contributed by atoms with Crippen LogP contribution in [-0.4, -0.2) is 52.2 Å². The zero-order chi connectivity index (χ0) is 24.4. The summed E-state index contributed by atoms with van der Waals surface area (Å²) in [5, 5.41) is 4.32. The van der Waals surface area contributed by atoms with Gasteiger partial charge in [0.2, 0.25) is 11.8 Å². The highest BCUT2D eigenvalue weighted by atomic mass is 19.2. The van der Waals surface area contributed by atoms with E-state index < -0.39 is 47.0 Å². The normalized spacial score (nSPS) is 25.1. The van der Waals surface area contributed by atoms with E-state index in [0.29, 0.717) is 5.82 Å². The Kier molecular flexibility index (Phi) is 4.95. The van der Waals surface area contributed by atoms with Crippen molar-refractivity contribution in [1.82, 2.24) is 20.2 Å². The number of aryl methyl sites for hydroxylation is 1. The first-order chi connectivity index (χ1) is 16.1. The minimum absolute atomic E-state index is 0.0323. The molecule has 176 valence electrons. The first kappa shape index (κ1) is 22.0. The third-order valence-corrected chi connectivity index (χ3v) is 6.60. The Morgan fingerprint density at radius 2 is 1.85 bits per heavy atom. The number of ether oxygens (including phenoxy) is 1. The van der Waals surface area contributed by atoms with Crippen molar-refractivity contribution < 1.29 is 27.9 Å². The van der Waals surface area contributed by atoms with Gasteiger partial charge in [0.25, 0.3) is 0 Å². The molecular formula is C23H21F2N5O4. The van der Waals surface area contributed by atoms with Crippen molar-refractivity contribution in [2.45, 2.75) is 38.5 Å². The lowest BCUT2D eigenvalue weighted by molar-refractivity contribution is -0.153. The molecule has 0 radical (unpaired) electrons. The van der Waals surface area contributed by atoms with Crippen LogP contribution in [0.1, 0.15) is 30.8 Å². The van der Waals surface area contributed by atoms with Crippen LogP contribution in [0, 0.1) is 28.9 Å². The molecule has 2 fully saturated rings. The van der Waals surface area contributed by atoms with E-state index in [1.54, 1.807) is 31.7 Å². The Bertz CT molecular complexity index is 1290. The fourth-order valence-electron chi connectivity index (χ4n) is 5.24. The molecule has 4 amide bonds. The van der Waals surface area contributed by atoms with E-state index in [1.165, 1.54) is 17.2 Å². The average molecular weight is 469 g/mol. The number of fused-ring (bicyclic) bond motifs is 4. The van der Waals surface area contributed by atoms with Crippen molar-refractivity contribution in [3.8, 4) is 11.8 Å². The molecule has 0 unspecified atom stereocenters. The van der Waals surface area contributed by atoms with Gasteiger partial charge in [-0.3, -0.25) is 20.2 Å². The van der Waals surface area contributed by atoms with E-state index in [1.807, 2.05) is 0 Å². The van der Waals surface area contributed by atoms with E-state index in [4.69, 9.17) is 4.74 Å².